The van der Waals surface area contributed by atoms with Crippen molar-refractivity contribution in [1.29, 1.82) is 0 Å². The number of unbranched alkanes of at least 4 members (excludes halogenated alkanes) is 6. The van der Waals surface area contributed by atoms with Crippen molar-refractivity contribution in [1.82, 2.24) is 0 Å². The maximum absolute atomic E-state index is 12.1. The summed E-state index contributed by atoms with van der Waals surface area (Å²) in [6.45, 7) is 2.13. The first-order chi connectivity index (χ1) is 12.0. The number of carboxylic acids is 1. The molecule has 3 N–H and O–H groups in total. The van der Waals surface area contributed by atoms with E-state index in [0.29, 0.717) is 32.1 Å². The molecule has 5 heteroatoms. The molecule has 0 saturated heterocycles. The van der Waals surface area contributed by atoms with E-state index in [0.717, 1.165) is 44.9 Å². The van der Waals surface area contributed by atoms with Gasteiger partial charge in [0.25, 0.3) is 0 Å². The lowest BCUT2D eigenvalue weighted by Crippen LogP contribution is -2.18. The number of hydrogen-bond donors (Lipinski definition) is 3. The zero-order chi connectivity index (χ0) is 18.7. The van der Waals surface area contributed by atoms with Crippen molar-refractivity contribution >= 4 is 11.8 Å². The first-order valence-corrected chi connectivity index (χ1v) is 9.82. The van der Waals surface area contributed by atoms with Gasteiger partial charge in [-0.05, 0) is 25.7 Å². The zero-order valence-electron chi connectivity index (χ0n) is 15.5. The molecule has 1 aliphatic carbocycles. The van der Waals surface area contributed by atoms with E-state index in [9.17, 15) is 19.8 Å². The lowest BCUT2D eigenvalue weighted by atomic mass is 9.87. The predicted octanol–water partition coefficient (Wildman–Crippen LogP) is 5.30. The summed E-state index contributed by atoms with van der Waals surface area (Å²) in [4.78, 5) is 22.6. The van der Waals surface area contributed by atoms with Gasteiger partial charge in [-0.3, -0.25) is 9.59 Å². The fourth-order valence-corrected chi connectivity index (χ4v) is 3.65. The molecular formula is C20H34O5. The Balaban J connectivity index is 2.43. The van der Waals surface area contributed by atoms with Gasteiger partial charge in [0, 0.05) is 31.1 Å². The van der Waals surface area contributed by atoms with Crippen LogP contribution in [-0.4, -0.2) is 27.1 Å². The quantitative estimate of drug-likeness (QED) is 0.308. The van der Waals surface area contributed by atoms with Gasteiger partial charge >= 0.3 is 5.97 Å². The maximum atomic E-state index is 12.1. The van der Waals surface area contributed by atoms with Crippen LogP contribution in [0.3, 0.4) is 0 Å². The van der Waals surface area contributed by atoms with Crippen molar-refractivity contribution in [3.63, 3.8) is 0 Å². The molecule has 25 heavy (non-hydrogen) atoms. The minimum Gasteiger partial charge on any atom is -0.509 e. The van der Waals surface area contributed by atoms with Crippen molar-refractivity contribution in [2.45, 2.75) is 90.4 Å². The van der Waals surface area contributed by atoms with Crippen LogP contribution in [-0.2, 0) is 9.59 Å². The van der Waals surface area contributed by atoms with Crippen LogP contribution in [0.5, 0.6) is 0 Å². The van der Waals surface area contributed by atoms with Crippen LogP contribution in [0.25, 0.3) is 0 Å². The van der Waals surface area contributed by atoms with E-state index in [1.807, 2.05) is 0 Å². The fraction of sp³-hybridized carbons (Fsp3) is 0.800. The van der Waals surface area contributed by atoms with Gasteiger partial charge < -0.3 is 15.3 Å². The second-order valence-electron chi connectivity index (χ2n) is 7.21. The van der Waals surface area contributed by atoms with Crippen molar-refractivity contribution < 1.29 is 24.9 Å². The van der Waals surface area contributed by atoms with Gasteiger partial charge in [0.05, 0.1) is 0 Å². The fourth-order valence-electron chi connectivity index (χ4n) is 3.65. The Bertz CT molecular complexity index is 455. The first kappa shape index (κ1) is 21.5. The molecular weight excluding hydrogens is 320 g/mol. The molecule has 0 heterocycles. The number of rotatable bonds is 13. The number of ketones is 1. The molecule has 0 radical (unpaired) electrons. The molecule has 1 aliphatic rings. The molecule has 0 spiro atoms. The molecule has 0 aromatic carbocycles. The molecule has 5 nitrogen and oxygen atoms in total. The molecule has 0 aromatic heterocycles. The summed E-state index contributed by atoms with van der Waals surface area (Å²) < 4.78 is 0. The number of hydrogen-bond acceptors (Lipinski definition) is 4. The van der Waals surface area contributed by atoms with Crippen molar-refractivity contribution in [3.05, 3.63) is 11.5 Å². The molecule has 1 fully saturated rings. The number of allylic oxidation sites excluding steroid dienone is 2. The summed E-state index contributed by atoms with van der Waals surface area (Å²) in [6, 6.07) is 0. The summed E-state index contributed by atoms with van der Waals surface area (Å²) in [5, 5.41) is 29.1. The van der Waals surface area contributed by atoms with E-state index in [-0.39, 0.29) is 35.6 Å². The molecule has 1 rings (SSSR count). The van der Waals surface area contributed by atoms with E-state index in [2.05, 4.69) is 6.92 Å². The predicted molar refractivity (Wildman–Crippen MR) is 97.6 cm³/mol. The second kappa shape index (κ2) is 11.9. The van der Waals surface area contributed by atoms with E-state index in [1.54, 1.807) is 0 Å². The SMILES string of the molecule is CCCCCC/C(O)=C(\O)[C@H]1CCC(=O)[C@@H]1CCCCCCC(=O)O. The van der Waals surface area contributed by atoms with E-state index in [4.69, 9.17) is 5.11 Å². The average molecular weight is 354 g/mol. The smallest absolute Gasteiger partial charge is 0.303 e. The second-order valence-corrected chi connectivity index (χ2v) is 7.21. The standard InChI is InChI=1S/C20H34O5/c1-2-3-4-8-11-18(22)20(25)16-13-14-17(21)15(16)10-7-5-6-9-12-19(23)24/h15-16,22,25H,2-14H2,1H3,(H,23,24)/b20-18+/t15-,16+/m1/s1. The monoisotopic (exact) mass is 354 g/mol. The highest BCUT2D eigenvalue weighted by atomic mass is 16.4. The molecule has 0 unspecified atom stereocenters. The van der Waals surface area contributed by atoms with Crippen LogP contribution in [0.4, 0.5) is 0 Å². The number of Topliss-reactive ketones (excluding diaryl/α,β-unsaturated/α-hetero) is 1. The zero-order valence-corrected chi connectivity index (χ0v) is 15.5. The molecule has 2 atom stereocenters. The molecule has 0 amide bonds. The Morgan fingerprint density at radius 1 is 0.960 bits per heavy atom. The molecule has 0 bridgehead atoms. The van der Waals surface area contributed by atoms with E-state index in [1.165, 1.54) is 0 Å². The summed E-state index contributed by atoms with van der Waals surface area (Å²) in [5.74, 6) is -0.938. The number of aliphatic hydroxyl groups is 2. The number of aliphatic hydroxyl groups excluding tert-OH is 2. The minimum absolute atomic E-state index is 0.0261. The normalized spacial score (nSPS) is 21.4. The Morgan fingerprint density at radius 2 is 1.60 bits per heavy atom. The van der Waals surface area contributed by atoms with Gasteiger partial charge in [0.2, 0.25) is 0 Å². The summed E-state index contributed by atoms with van der Waals surface area (Å²) >= 11 is 0. The number of carbonyl (C=O) groups excluding carboxylic acids is 1. The van der Waals surface area contributed by atoms with Gasteiger partial charge in [-0.2, -0.15) is 0 Å². The van der Waals surface area contributed by atoms with Crippen LogP contribution in [0.15, 0.2) is 11.5 Å². The van der Waals surface area contributed by atoms with Gasteiger partial charge in [0.1, 0.15) is 17.3 Å². The third-order valence-electron chi connectivity index (χ3n) is 5.17. The van der Waals surface area contributed by atoms with Gasteiger partial charge in [0.15, 0.2) is 0 Å². The molecule has 144 valence electrons. The topological polar surface area (TPSA) is 94.8 Å². The largest absolute Gasteiger partial charge is 0.509 e. The van der Waals surface area contributed by atoms with Crippen molar-refractivity contribution in [2.24, 2.45) is 11.8 Å². The van der Waals surface area contributed by atoms with Crippen LogP contribution < -0.4 is 0 Å². The van der Waals surface area contributed by atoms with Gasteiger partial charge in [-0.25, -0.2) is 0 Å². The third-order valence-corrected chi connectivity index (χ3v) is 5.17. The Hall–Kier alpha value is -1.52. The number of carboxylic acid groups (broad SMARTS) is 1. The number of aliphatic carboxylic acids is 1. The molecule has 1 saturated carbocycles. The van der Waals surface area contributed by atoms with Crippen molar-refractivity contribution in [3.8, 4) is 0 Å². The first-order valence-electron chi connectivity index (χ1n) is 9.82. The Morgan fingerprint density at radius 3 is 2.28 bits per heavy atom. The summed E-state index contributed by atoms with van der Waals surface area (Å²) in [5.41, 5.74) is 0. The minimum atomic E-state index is -0.768. The van der Waals surface area contributed by atoms with Crippen LogP contribution >= 0.6 is 0 Å². The van der Waals surface area contributed by atoms with Crippen LogP contribution in [0.2, 0.25) is 0 Å². The lowest BCUT2D eigenvalue weighted by molar-refractivity contribution is -0.137. The summed E-state index contributed by atoms with van der Waals surface area (Å²) in [7, 11) is 0. The van der Waals surface area contributed by atoms with Crippen LogP contribution in [0.1, 0.15) is 90.4 Å². The Kier molecular flexibility index (Phi) is 10.3. The molecule has 0 aromatic rings. The Labute approximate surface area is 151 Å². The molecule has 0 aliphatic heterocycles. The van der Waals surface area contributed by atoms with E-state index < -0.39 is 5.97 Å². The third kappa shape index (κ3) is 7.93. The highest BCUT2D eigenvalue weighted by Gasteiger charge is 2.37. The van der Waals surface area contributed by atoms with E-state index >= 15 is 0 Å². The highest BCUT2D eigenvalue weighted by molar-refractivity contribution is 5.83. The van der Waals surface area contributed by atoms with Gasteiger partial charge in [-0.15, -0.1) is 0 Å². The highest BCUT2D eigenvalue weighted by Crippen LogP contribution is 2.38. The summed E-state index contributed by atoms with van der Waals surface area (Å²) in [6.07, 6.45) is 9.91. The average Bonchev–Trinajstić information content (AvgIpc) is 2.94. The number of carbonyl (C=O) groups is 2. The maximum Gasteiger partial charge on any atom is 0.303 e. The van der Waals surface area contributed by atoms with Crippen molar-refractivity contribution in [2.75, 3.05) is 0 Å². The van der Waals surface area contributed by atoms with Crippen LogP contribution in [0, 0.1) is 11.8 Å². The van der Waals surface area contributed by atoms with Gasteiger partial charge in [-0.1, -0.05) is 45.4 Å². The lowest BCUT2D eigenvalue weighted by Gasteiger charge is -2.19.